The minimum atomic E-state index is 0. The normalized spacial score (nSPS) is 15.5. The number of hydrogen-bond donors (Lipinski definition) is 1. The lowest BCUT2D eigenvalue weighted by molar-refractivity contribution is 0.604. The zero-order chi connectivity index (χ0) is 9.10. The summed E-state index contributed by atoms with van der Waals surface area (Å²) < 4.78 is 2.25. The van der Waals surface area contributed by atoms with Crippen molar-refractivity contribution in [2.24, 2.45) is 5.73 Å². The first-order chi connectivity index (χ1) is 6.42. The molecule has 1 aromatic rings. The molecule has 0 aromatic carbocycles. The fourth-order valence-corrected chi connectivity index (χ4v) is 1.86. The predicted molar refractivity (Wildman–Crippen MR) is 57.6 cm³/mol. The molecule has 80 valence electrons. The van der Waals surface area contributed by atoms with Crippen molar-refractivity contribution in [3.05, 3.63) is 11.6 Å². The lowest BCUT2D eigenvalue weighted by Gasteiger charge is -2.04. The second-order valence-electron chi connectivity index (χ2n) is 3.53. The third kappa shape index (κ3) is 2.25. The molecule has 1 aliphatic rings. The molecule has 4 nitrogen and oxygen atoms in total. The molecule has 1 aromatic heterocycles. The number of aromatic nitrogens is 3. The van der Waals surface area contributed by atoms with Crippen LogP contribution in [-0.2, 0) is 19.4 Å². The minimum Gasteiger partial charge on any atom is -0.330 e. The Kier molecular flexibility index (Phi) is 4.35. The SMILES string of the molecule is Cl.NCCc1nnc2n1CCCCC2. The fraction of sp³-hybridized carbons (Fsp3) is 0.778. The molecule has 1 aliphatic heterocycles. The summed E-state index contributed by atoms with van der Waals surface area (Å²) in [6.45, 7) is 1.75. The number of hydrogen-bond acceptors (Lipinski definition) is 3. The topological polar surface area (TPSA) is 56.7 Å². The molecule has 14 heavy (non-hydrogen) atoms. The molecule has 0 amide bonds. The number of rotatable bonds is 2. The molecule has 2 heterocycles. The number of halogens is 1. The molecule has 2 N–H and O–H groups in total. The van der Waals surface area contributed by atoms with E-state index in [1.165, 1.54) is 19.3 Å². The Hall–Kier alpha value is -0.610. The molecular formula is C9H17ClN4. The largest absolute Gasteiger partial charge is 0.330 e. The smallest absolute Gasteiger partial charge is 0.134 e. The van der Waals surface area contributed by atoms with E-state index in [-0.39, 0.29) is 12.4 Å². The van der Waals surface area contributed by atoms with Crippen molar-refractivity contribution < 1.29 is 0 Å². The standard InChI is InChI=1S/C9H16N4.ClH/c10-6-5-9-12-11-8-4-2-1-3-7-13(8)9;/h1-7,10H2;1H. The zero-order valence-electron chi connectivity index (χ0n) is 8.28. The average Bonchev–Trinajstić information content (AvgIpc) is 2.38. The highest BCUT2D eigenvalue weighted by Gasteiger charge is 2.13. The summed E-state index contributed by atoms with van der Waals surface area (Å²) >= 11 is 0. The highest BCUT2D eigenvalue weighted by atomic mass is 35.5. The summed E-state index contributed by atoms with van der Waals surface area (Å²) in [5.74, 6) is 2.22. The van der Waals surface area contributed by atoms with Crippen LogP contribution >= 0.6 is 12.4 Å². The maximum absolute atomic E-state index is 5.51. The Balaban J connectivity index is 0.000000980. The average molecular weight is 217 g/mol. The van der Waals surface area contributed by atoms with E-state index in [0.717, 1.165) is 31.0 Å². The first kappa shape index (κ1) is 11.5. The molecular weight excluding hydrogens is 200 g/mol. The summed E-state index contributed by atoms with van der Waals surface area (Å²) in [6, 6.07) is 0. The van der Waals surface area contributed by atoms with Gasteiger partial charge in [-0.2, -0.15) is 0 Å². The van der Waals surface area contributed by atoms with Gasteiger partial charge in [-0.3, -0.25) is 0 Å². The molecule has 0 fully saturated rings. The Bertz CT molecular complexity index is 284. The first-order valence-corrected chi connectivity index (χ1v) is 5.03. The van der Waals surface area contributed by atoms with Crippen molar-refractivity contribution in [2.75, 3.05) is 6.54 Å². The van der Waals surface area contributed by atoms with Crippen molar-refractivity contribution >= 4 is 12.4 Å². The van der Waals surface area contributed by atoms with Crippen molar-refractivity contribution in [2.45, 2.75) is 38.6 Å². The number of nitrogens with zero attached hydrogens (tertiary/aromatic N) is 3. The van der Waals surface area contributed by atoms with E-state index in [0.29, 0.717) is 6.54 Å². The van der Waals surface area contributed by atoms with Gasteiger partial charge in [-0.15, -0.1) is 22.6 Å². The van der Waals surface area contributed by atoms with Gasteiger partial charge in [-0.05, 0) is 19.4 Å². The number of aryl methyl sites for hydroxylation is 1. The molecule has 2 rings (SSSR count). The Morgan fingerprint density at radius 1 is 1.21 bits per heavy atom. The summed E-state index contributed by atoms with van der Waals surface area (Å²) in [5.41, 5.74) is 5.51. The lowest BCUT2D eigenvalue weighted by Crippen LogP contribution is -2.11. The third-order valence-corrected chi connectivity index (χ3v) is 2.55. The van der Waals surface area contributed by atoms with Gasteiger partial charge in [-0.1, -0.05) is 6.42 Å². The molecule has 0 spiro atoms. The Morgan fingerprint density at radius 2 is 2.07 bits per heavy atom. The van der Waals surface area contributed by atoms with E-state index in [1.54, 1.807) is 0 Å². The maximum Gasteiger partial charge on any atom is 0.134 e. The van der Waals surface area contributed by atoms with E-state index in [1.807, 2.05) is 0 Å². The van der Waals surface area contributed by atoms with Crippen LogP contribution in [0, 0.1) is 0 Å². The number of nitrogens with two attached hydrogens (primary N) is 1. The molecule has 5 heteroatoms. The predicted octanol–water partition coefficient (Wildman–Crippen LogP) is 0.927. The second kappa shape index (κ2) is 5.32. The van der Waals surface area contributed by atoms with Crippen LogP contribution in [0.15, 0.2) is 0 Å². The third-order valence-electron chi connectivity index (χ3n) is 2.55. The van der Waals surface area contributed by atoms with Crippen LogP contribution in [0.2, 0.25) is 0 Å². The lowest BCUT2D eigenvalue weighted by atomic mass is 10.2. The van der Waals surface area contributed by atoms with Gasteiger partial charge in [0, 0.05) is 19.4 Å². The monoisotopic (exact) mass is 216 g/mol. The summed E-state index contributed by atoms with van der Waals surface area (Å²) in [4.78, 5) is 0. The van der Waals surface area contributed by atoms with Gasteiger partial charge in [0.25, 0.3) is 0 Å². The molecule has 0 radical (unpaired) electrons. The fourth-order valence-electron chi connectivity index (χ4n) is 1.86. The van der Waals surface area contributed by atoms with Crippen molar-refractivity contribution in [1.29, 1.82) is 0 Å². The van der Waals surface area contributed by atoms with Crippen LogP contribution in [0.25, 0.3) is 0 Å². The Morgan fingerprint density at radius 3 is 2.86 bits per heavy atom. The maximum atomic E-state index is 5.51. The van der Waals surface area contributed by atoms with E-state index in [4.69, 9.17) is 5.73 Å². The van der Waals surface area contributed by atoms with Gasteiger partial charge in [0.05, 0.1) is 0 Å². The van der Waals surface area contributed by atoms with E-state index < -0.39 is 0 Å². The van der Waals surface area contributed by atoms with Crippen LogP contribution in [0.1, 0.15) is 30.9 Å². The van der Waals surface area contributed by atoms with Gasteiger partial charge in [0.15, 0.2) is 0 Å². The highest BCUT2D eigenvalue weighted by Crippen LogP contribution is 2.14. The van der Waals surface area contributed by atoms with Gasteiger partial charge in [-0.25, -0.2) is 0 Å². The number of fused-ring (bicyclic) bond motifs is 1. The summed E-state index contributed by atoms with van der Waals surface area (Å²) in [7, 11) is 0. The van der Waals surface area contributed by atoms with E-state index >= 15 is 0 Å². The summed E-state index contributed by atoms with van der Waals surface area (Å²) in [6.07, 6.45) is 5.75. The second-order valence-corrected chi connectivity index (χ2v) is 3.53. The van der Waals surface area contributed by atoms with Crippen LogP contribution in [0.3, 0.4) is 0 Å². The van der Waals surface area contributed by atoms with E-state index in [2.05, 4.69) is 14.8 Å². The summed E-state index contributed by atoms with van der Waals surface area (Å²) in [5, 5.41) is 8.35. The van der Waals surface area contributed by atoms with Gasteiger partial charge in [0.2, 0.25) is 0 Å². The van der Waals surface area contributed by atoms with E-state index in [9.17, 15) is 0 Å². The molecule has 0 unspecified atom stereocenters. The Labute approximate surface area is 90.3 Å². The van der Waals surface area contributed by atoms with Crippen LogP contribution in [-0.4, -0.2) is 21.3 Å². The van der Waals surface area contributed by atoms with Crippen LogP contribution < -0.4 is 5.73 Å². The molecule has 0 atom stereocenters. The van der Waals surface area contributed by atoms with Crippen LogP contribution in [0.5, 0.6) is 0 Å². The van der Waals surface area contributed by atoms with Crippen LogP contribution in [0.4, 0.5) is 0 Å². The van der Waals surface area contributed by atoms with Gasteiger partial charge < -0.3 is 10.3 Å². The van der Waals surface area contributed by atoms with Crippen molar-refractivity contribution in [3.63, 3.8) is 0 Å². The minimum absolute atomic E-state index is 0. The highest BCUT2D eigenvalue weighted by molar-refractivity contribution is 5.85. The first-order valence-electron chi connectivity index (χ1n) is 5.03. The van der Waals surface area contributed by atoms with Gasteiger partial charge >= 0.3 is 0 Å². The van der Waals surface area contributed by atoms with Crippen molar-refractivity contribution in [1.82, 2.24) is 14.8 Å². The molecule has 0 saturated carbocycles. The quantitative estimate of drug-likeness (QED) is 0.800. The molecule has 0 saturated heterocycles. The molecule has 0 aliphatic carbocycles. The van der Waals surface area contributed by atoms with Crippen molar-refractivity contribution in [3.8, 4) is 0 Å². The van der Waals surface area contributed by atoms with Gasteiger partial charge in [0.1, 0.15) is 11.6 Å². The zero-order valence-corrected chi connectivity index (χ0v) is 9.09. The molecule has 0 bridgehead atoms.